The average molecular weight is 257 g/mol. The smallest absolute Gasteiger partial charge is 0.141 e. The van der Waals surface area contributed by atoms with Crippen LogP contribution in [0.4, 0.5) is 0 Å². The van der Waals surface area contributed by atoms with Crippen molar-refractivity contribution in [2.45, 2.75) is 50.5 Å². The lowest BCUT2D eigenvalue weighted by atomic mass is 9.48. The molecule has 0 aliphatic heterocycles. The van der Waals surface area contributed by atoms with E-state index in [1.807, 2.05) is 7.05 Å². The molecule has 1 heterocycles. The van der Waals surface area contributed by atoms with Crippen molar-refractivity contribution in [3.05, 3.63) is 23.8 Å². The second kappa shape index (κ2) is 4.27. The molecule has 4 fully saturated rings. The third-order valence-electron chi connectivity index (χ3n) is 5.69. The van der Waals surface area contributed by atoms with Gasteiger partial charge in [0.25, 0.3) is 0 Å². The molecule has 4 bridgehead atoms. The van der Waals surface area contributed by atoms with E-state index < -0.39 is 0 Å². The fraction of sp³-hybridized carbons (Fsp3) is 0.750. The summed E-state index contributed by atoms with van der Waals surface area (Å²) in [6, 6.07) is 0. The Morgan fingerprint density at radius 3 is 2.05 bits per heavy atom. The molecule has 0 saturated heterocycles. The molecule has 0 unspecified atom stereocenters. The zero-order valence-electron chi connectivity index (χ0n) is 11.7. The van der Waals surface area contributed by atoms with E-state index >= 15 is 0 Å². The highest BCUT2D eigenvalue weighted by Gasteiger charge is 2.51. The van der Waals surface area contributed by atoms with Crippen LogP contribution in [-0.4, -0.2) is 17.0 Å². The van der Waals surface area contributed by atoms with Crippen molar-refractivity contribution in [3.8, 4) is 0 Å². The first-order chi connectivity index (χ1) is 9.27. The van der Waals surface area contributed by atoms with Crippen LogP contribution in [0.2, 0.25) is 0 Å². The highest BCUT2D eigenvalue weighted by Crippen LogP contribution is 2.60. The van der Waals surface area contributed by atoms with E-state index in [9.17, 15) is 0 Å². The molecule has 1 aromatic heterocycles. The molecule has 102 valence electrons. The number of nitrogens with zero attached hydrogens (tertiary/aromatic N) is 2. The molecule has 4 aliphatic rings. The van der Waals surface area contributed by atoms with Crippen LogP contribution in [0.3, 0.4) is 0 Å². The van der Waals surface area contributed by atoms with E-state index in [0.717, 1.165) is 30.1 Å². The molecule has 1 N–H and O–H groups in total. The van der Waals surface area contributed by atoms with Gasteiger partial charge in [-0.3, -0.25) is 0 Å². The van der Waals surface area contributed by atoms with Gasteiger partial charge in [-0.1, -0.05) is 0 Å². The van der Waals surface area contributed by atoms with Crippen LogP contribution in [0.15, 0.2) is 12.4 Å². The van der Waals surface area contributed by atoms with E-state index in [4.69, 9.17) is 0 Å². The lowest BCUT2D eigenvalue weighted by molar-refractivity contribution is -0.00552. The van der Waals surface area contributed by atoms with E-state index in [0.29, 0.717) is 5.41 Å². The van der Waals surface area contributed by atoms with Crippen molar-refractivity contribution in [1.82, 2.24) is 15.3 Å². The van der Waals surface area contributed by atoms with E-state index in [-0.39, 0.29) is 0 Å². The maximum Gasteiger partial charge on any atom is 0.141 e. The van der Waals surface area contributed by atoms with Crippen molar-refractivity contribution in [2.75, 3.05) is 7.05 Å². The maximum atomic E-state index is 4.55. The van der Waals surface area contributed by atoms with Gasteiger partial charge >= 0.3 is 0 Å². The Bertz CT molecular complexity index is 430. The van der Waals surface area contributed by atoms with Gasteiger partial charge in [0.2, 0.25) is 0 Å². The standard InChI is InChI=1S/C16H23N3/c1-17-10-15-18-8-14(9-19-15)16-5-11-2-12(6-16)4-13(3-11)7-16/h8-9,11-13,17H,2-7,10H2,1H3. The Balaban J connectivity index is 1.64. The van der Waals surface area contributed by atoms with Gasteiger partial charge in [-0.05, 0) is 74.3 Å². The summed E-state index contributed by atoms with van der Waals surface area (Å²) in [6.45, 7) is 0.765. The molecular weight excluding hydrogens is 234 g/mol. The SMILES string of the molecule is CNCc1ncc(C23CC4CC(CC(C4)C2)C3)cn1. The lowest BCUT2D eigenvalue weighted by Gasteiger charge is -2.56. The van der Waals surface area contributed by atoms with Crippen LogP contribution in [-0.2, 0) is 12.0 Å². The Labute approximate surface area is 115 Å². The van der Waals surface area contributed by atoms with Crippen molar-refractivity contribution in [2.24, 2.45) is 17.8 Å². The number of hydrogen-bond acceptors (Lipinski definition) is 3. The molecule has 0 radical (unpaired) electrons. The summed E-state index contributed by atoms with van der Waals surface area (Å²) in [5.74, 6) is 3.88. The van der Waals surface area contributed by atoms with Gasteiger partial charge in [0.1, 0.15) is 5.82 Å². The topological polar surface area (TPSA) is 37.8 Å². The number of aromatic nitrogens is 2. The number of rotatable bonds is 3. The van der Waals surface area contributed by atoms with Gasteiger partial charge in [-0.15, -0.1) is 0 Å². The minimum Gasteiger partial charge on any atom is -0.313 e. The zero-order chi connectivity index (χ0) is 12.9. The summed E-state index contributed by atoms with van der Waals surface area (Å²) in [5.41, 5.74) is 1.86. The van der Waals surface area contributed by atoms with Crippen LogP contribution in [0.25, 0.3) is 0 Å². The largest absolute Gasteiger partial charge is 0.313 e. The minimum absolute atomic E-state index is 0.437. The number of hydrogen-bond donors (Lipinski definition) is 1. The third kappa shape index (κ3) is 1.90. The molecule has 0 spiro atoms. The van der Waals surface area contributed by atoms with Crippen molar-refractivity contribution in [3.63, 3.8) is 0 Å². The molecule has 4 aliphatic carbocycles. The molecule has 19 heavy (non-hydrogen) atoms. The van der Waals surface area contributed by atoms with Gasteiger partial charge in [0, 0.05) is 12.4 Å². The first-order valence-electron chi connectivity index (χ1n) is 7.73. The molecular formula is C16H23N3. The first-order valence-corrected chi connectivity index (χ1v) is 7.73. The van der Waals surface area contributed by atoms with Crippen LogP contribution < -0.4 is 5.32 Å². The summed E-state index contributed by atoms with van der Waals surface area (Å²) in [4.78, 5) is 9.10. The van der Waals surface area contributed by atoms with E-state index in [2.05, 4.69) is 27.7 Å². The van der Waals surface area contributed by atoms with Crippen LogP contribution >= 0.6 is 0 Å². The molecule has 0 aromatic carbocycles. The fourth-order valence-electron chi connectivity index (χ4n) is 5.34. The van der Waals surface area contributed by atoms with Crippen LogP contribution in [0, 0.1) is 17.8 Å². The fourth-order valence-corrected chi connectivity index (χ4v) is 5.34. The highest BCUT2D eigenvalue weighted by molar-refractivity contribution is 5.25. The lowest BCUT2D eigenvalue weighted by Crippen LogP contribution is -2.48. The Kier molecular flexibility index (Phi) is 2.66. The Hall–Kier alpha value is -0.960. The molecule has 4 saturated carbocycles. The van der Waals surface area contributed by atoms with Crippen molar-refractivity contribution in [1.29, 1.82) is 0 Å². The predicted octanol–water partition coefficient (Wildman–Crippen LogP) is 2.66. The second-order valence-electron chi connectivity index (χ2n) is 7.12. The summed E-state index contributed by atoms with van der Waals surface area (Å²) < 4.78 is 0. The van der Waals surface area contributed by atoms with E-state index in [1.54, 1.807) is 0 Å². The van der Waals surface area contributed by atoms with Gasteiger partial charge in [-0.25, -0.2) is 9.97 Å². The molecule has 3 nitrogen and oxygen atoms in total. The quantitative estimate of drug-likeness (QED) is 0.904. The molecule has 5 rings (SSSR count). The average Bonchev–Trinajstić information content (AvgIpc) is 2.38. The van der Waals surface area contributed by atoms with Gasteiger partial charge in [0.15, 0.2) is 0 Å². The Morgan fingerprint density at radius 1 is 1.05 bits per heavy atom. The normalized spacial score (nSPS) is 39.7. The van der Waals surface area contributed by atoms with Crippen LogP contribution in [0.1, 0.15) is 49.9 Å². The summed E-state index contributed by atoms with van der Waals surface area (Å²) >= 11 is 0. The zero-order valence-corrected chi connectivity index (χ0v) is 11.7. The van der Waals surface area contributed by atoms with Gasteiger partial charge < -0.3 is 5.32 Å². The maximum absolute atomic E-state index is 4.55. The molecule has 0 atom stereocenters. The second-order valence-corrected chi connectivity index (χ2v) is 7.12. The molecule has 3 heteroatoms. The van der Waals surface area contributed by atoms with Crippen molar-refractivity contribution < 1.29 is 0 Å². The van der Waals surface area contributed by atoms with Gasteiger partial charge in [0.05, 0.1) is 6.54 Å². The summed E-state index contributed by atoms with van der Waals surface area (Å²) in [7, 11) is 1.94. The molecule has 0 amide bonds. The number of nitrogens with one attached hydrogen (secondary N) is 1. The van der Waals surface area contributed by atoms with Gasteiger partial charge in [-0.2, -0.15) is 0 Å². The predicted molar refractivity (Wildman–Crippen MR) is 74.6 cm³/mol. The molecule has 1 aromatic rings. The van der Waals surface area contributed by atoms with Crippen LogP contribution in [0.5, 0.6) is 0 Å². The third-order valence-corrected chi connectivity index (χ3v) is 5.69. The first kappa shape index (κ1) is 11.8. The Morgan fingerprint density at radius 2 is 1.58 bits per heavy atom. The minimum atomic E-state index is 0.437. The monoisotopic (exact) mass is 257 g/mol. The summed E-state index contributed by atoms with van der Waals surface area (Å²) in [6.07, 6.45) is 12.9. The summed E-state index contributed by atoms with van der Waals surface area (Å²) in [5, 5.41) is 3.11. The highest BCUT2D eigenvalue weighted by atomic mass is 14.9. The van der Waals surface area contributed by atoms with Crippen molar-refractivity contribution >= 4 is 0 Å². The van der Waals surface area contributed by atoms with E-state index in [1.165, 1.54) is 44.1 Å².